The number of pyridine rings is 1. The monoisotopic (exact) mass is 282 g/mol. The van der Waals surface area contributed by atoms with Crippen LogP contribution in [0.1, 0.15) is 18.1 Å². The molecule has 1 aliphatic rings. The van der Waals surface area contributed by atoms with Gasteiger partial charge in [0.25, 0.3) is 0 Å². The summed E-state index contributed by atoms with van der Waals surface area (Å²) in [7, 11) is 0. The van der Waals surface area contributed by atoms with Crippen molar-refractivity contribution in [2.75, 3.05) is 36.9 Å². The second-order valence-corrected chi connectivity index (χ2v) is 5.09. The average molecular weight is 282 g/mol. The number of morpholine rings is 1. The third-order valence-electron chi connectivity index (χ3n) is 3.94. The van der Waals surface area contributed by atoms with E-state index < -0.39 is 0 Å². The summed E-state index contributed by atoms with van der Waals surface area (Å²) in [6.45, 7) is 5.21. The summed E-state index contributed by atoms with van der Waals surface area (Å²) < 4.78 is 5.42. The molecular formula is C16H18N4O. The number of nitrogens with zero attached hydrogens (tertiary/aromatic N) is 3. The van der Waals surface area contributed by atoms with Crippen LogP contribution >= 0.6 is 0 Å². The molecule has 2 aromatic rings. The van der Waals surface area contributed by atoms with Crippen molar-refractivity contribution in [3.63, 3.8) is 0 Å². The number of hydrogen-bond donors (Lipinski definition) is 1. The van der Waals surface area contributed by atoms with Gasteiger partial charge in [-0.1, -0.05) is 13.0 Å². The van der Waals surface area contributed by atoms with Gasteiger partial charge in [-0.05, 0) is 24.1 Å². The van der Waals surface area contributed by atoms with Crippen molar-refractivity contribution in [1.29, 1.82) is 5.26 Å². The molecule has 0 aliphatic carbocycles. The number of ether oxygens (including phenoxy) is 1. The maximum Gasteiger partial charge on any atom is 0.142 e. The Hall–Kier alpha value is -2.32. The summed E-state index contributed by atoms with van der Waals surface area (Å²) >= 11 is 0. The van der Waals surface area contributed by atoms with Gasteiger partial charge in [0.1, 0.15) is 11.9 Å². The van der Waals surface area contributed by atoms with Gasteiger partial charge in [-0.15, -0.1) is 0 Å². The van der Waals surface area contributed by atoms with Crippen molar-refractivity contribution in [3.05, 3.63) is 29.3 Å². The van der Waals surface area contributed by atoms with E-state index in [1.807, 2.05) is 19.1 Å². The maximum absolute atomic E-state index is 9.39. The molecule has 21 heavy (non-hydrogen) atoms. The highest BCUT2D eigenvalue weighted by molar-refractivity contribution is 5.97. The van der Waals surface area contributed by atoms with Gasteiger partial charge in [0, 0.05) is 24.2 Å². The standard InChI is InChI=1S/C16H18N4O/c1-2-11-12(10-17)16(18)19-13-4-3-5-14(15(11)13)20-6-8-21-9-7-20/h3-5H,2,6-9H2,1H3,(H2,18,19). The smallest absolute Gasteiger partial charge is 0.142 e. The molecule has 2 N–H and O–H groups in total. The minimum Gasteiger partial charge on any atom is -0.383 e. The zero-order chi connectivity index (χ0) is 14.8. The number of nitrogens with two attached hydrogens (primary N) is 1. The Morgan fingerprint density at radius 3 is 2.81 bits per heavy atom. The molecule has 1 aliphatic heterocycles. The predicted octanol–water partition coefficient (Wildman–Crippen LogP) is 2.09. The Bertz CT molecular complexity index is 714. The summed E-state index contributed by atoms with van der Waals surface area (Å²) in [5, 5.41) is 10.4. The molecule has 5 nitrogen and oxygen atoms in total. The second-order valence-electron chi connectivity index (χ2n) is 5.09. The summed E-state index contributed by atoms with van der Waals surface area (Å²) in [5.41, 5.74) is 9.40. The molecule has 5 heteroatoms. The average Bonchev–Trinajstić information content (AvgIpc) is 2.53. The molecule has 0 saturated carbocycles. The normalized spacial score (nSPS) is 15.1. The lowest BCUT2D eigenvalue weighted by Gasteiger charge is -2.30. The molecule has 0 unspecified atom stereocenters. The van der Waals surface area contributed by atoms with Crippen LogP contribution in [-0.4, -0.2) is 31.3 Å². The molecule has 0 bridgehead atoms. The van der Waals surface area contributed by atoms with Crippen molar-refractivity contribution in [2.24, 2.45) is 0 Å². The third kappa shape index (κ3) is 2.28. The van der Waals surface area contributed by atoms with Crippen molar-refractivity contribution in [3.8, 4) is 6.07 Å². The van der Waals surface area contributed by atoms with Crippen LogP contribution in [0.5, 0.6) is 0 Å². The fraction of sp³-hybridized carbons (Fsp3) is 0.375. The van der Waals surface area contributed by atoms with Gasteiger partial charge >= 0.3 is 0 Å². The van der Waals surface area contributed by atoms with Crippen LogP contribution in [0.2, 0.25) is 0 Å². The first kappa shape index (κ1) is 13.7. The van der Waals surface area contributed by atoms with Crippen molar-refractivity contribution in [1.82, 2.24) is 4.98 Å². The minimum atomic E-state index is 0.320. The summed E-state index contributed by atoms with van der Waals surface area (Å²) in [4.78, 5) is 6.70. The van der Waals surface area contributed by atoms with Gasteiger partial charge in [0.15, 0.2) is 0 Å². The Morgan fingerprint density at radius 1 is 1.38 bits per heavy atom. The largest absolute Gasteiger partial charge is 0.383 e. The van der Waals surface area contributed by atoms with Gasteiger partial charge in [0.2, 0.25) is 0 Å². The van der Waals surface area contributed by atoms with Crippen LogP contribution < -0.4 is 10.6 Å². The van der Waals surface area contributed by atoms with Gasteiger partial charge in [-0.3, -0.25) is 0 Å². The van der Waals surface area contributed by atoms with E-state index in [-0.39, 0.29) is 0 Å². The van der Waals surface area contributed by atoms with E-state index in [0.29, 0.717) is 11.4 Å². The van der Waals surface area contributed by atoms with Crippen LogP contribution in [-0.2, 0) is 11.2 Å². The highest BCUT2D eigenvalue weighted by Crippen LogP contribution is 2.33. The number of benzene rings is 1. The van der Waals surface area contributed by atoms with E-state index in [1.165, 1.54) is 0 Å². The molecule has 2 heterocycles. The molecule has 0 spiro atoms. The number of anilines is 2. The van der Waals surface area contributed by atoms with Crippen molar-refractivity contribution < 1.29 is 4.74 Å². The number of nitrogen functional groups attached to an aromatic ring is 1. The lowest BCUT2D eigenvalue weighted by Crippen LogP contribution is -2.36. The van der Waals surface area contributed by atoms with Crippen LogP contribution in [0.4, 0.5) is 11.5 Å². The molecule has 1 aromatic carbocycles. The molecule has 0 amide bonds. The van der Waals surface area contributed by atoms with Crippen molar-refractivity contribution in [2.45, 2.75) is 13.3 Å². The fourth-order valence-corrected chi connectivity index (χ4v) is 2.94. The Balaban J connectivity index is 2.28. The van der Waals surface area contributed by atoms with Crippen LogP contribution in [0.15, 0.2) is 18.2 Å². The number of hydrogen-bond acceptors (Lipinski definition) is 5. The number of rotatable bonds is 2. The van der Waals surface area contributed by atoms with Crippen LogP contribution in [0.25, 0.3) is 10.9 Å². The molecule has 3 rings (SSSR count). The van der Waals surface area contributed by atoms with Gasteiger partial charge in [-0.2, -0.15) is 5.26 Å². The Morgan fingerprint density at radius 2 is 2.14 bits per heavy atom. The quantitative estimate of drug-likeness (QED) is 0.912. The predicted molar refractivity (Wildman–Crippen MR) is 83.3 cm³/mol. The SMILES string of the molecule is CCc1c(C#N)c(N)nc2cccc(N3CCOCC3)c12. The van der Waals surface area contributed by atoms with Gasteiger partial charge in [0.05, 0.1) is 24.3 Å². The second kappa shape index (κ2) is 5.58. The zero-order valence-corrected chi connectivity index (χ0v) is 12.1. The summed E-state index contributed by atoms with van der Waals surface area (Å²) in [6.07, 6.45) is 0.757. The van der Waals surface area contributed by atoms with E-state index in [2.05, 4.69) is 22.0 Å². The van der Waals surface area contributed by atoms with Gasteiger partial charge < -0.3 is 15.4 Å². The van der Waals surface area contributed by atoms with E-state index in [9.17, 15) is 5.26 Å². The summed E-state index contributed by atoms with van der Waals surface area (Å²) in [5.74, 6) is 0.320. The fourth-order valence-electron chi connectivity index (χ4n) is 2.94. The van der Waals surface area contributed by atoms with E-state index in [1.54, 1.807) is 0 Å². The number of nitriles is 1. The van der Waals surface area contributed by atoms with Crippen LogP contribution in [0.3, 0.4) is 0 Å². The molecule has 0 atom stereocenters. The molecule has 0 radical (unpaired) electrons. The lowest BCUT2D eigenvalue weighted by atomic mass is 9.99. The maximum atomic E-state index is 9.39. The molecule has 108 valence electrons. The topological polar surface area (TPSA) is 75.2 Å². The molecule has 1 aromatic heterocycles. The molecular weight excluding hydrogens is 264 g/mol. The number of aryl methyl sites for hydroxylation is 1. The van der Waals surface area contributed by atoms with Gasteiger partial charge in [-0.25, -0.2) is 4.98 Å². The molecule has 1 saturated heterocycles. The van der Waals surface area contributed by atoms with E-state index >= 15 is 0 Å². The zero-order valence-electron chi connectivity index (χ0n) is 12.1. The highest BCUT2D eigenvalue weighted by Gasteiger charge is 2.19. The number of fused-ring (bicyclic) bond motifs is 1. The molecule has 1 fully saturated rings. The number of aromatic nitrogens is 1. The van der Waals surface area contributed by atoms with Crippen molar-refractivity contribution >= 4 is 22.4 Å². The van der Waals surface area contributed by atoms with Crippen LogP contribution in [0, 0.1) is 11.3 Å². The first-order chi connectivity index (χ1) is 10.3. The summed E-state index contributed by atoms with van der Waals surface area (Å²) in [6, 6.07) is 8.24. The van der Waals surface area contributed by atoms with E-state index in [0.717, 1.165) is 54.9 Å². The minimum absolute atomic E-state index is 0.320. The first-order valence-electron chi connectivity index (χ1n) is 7.20. The third-order valence-corrected chi connectivity index (χ3v) is 3.94. The lowest BCUT2D eigenvalue weighted by molar-refractivity contribution is 0.123. The van der Waals surface area contributed by atoms with E-state index in [4.69, 9.17) is 10.5 Å². The highest BCUT2D eigenvalue weighted by atomic mass is 16.5. The Labute approximate surface area is 123 Å². The Kier molecular flexibility index (Phi) is 3.63. The first-order valence-corrected chi connectivity index (χ1v) is 7.20.